The number of halogens is 5. The van der Waals surface area contributed by atoms with Gasteiger partial charge < -0.3 is 5.11 Å². The molecule has 0 aliphatic rings. The topological polar surface area (TPSA) is 37.3 Å². The van der Waals surface area contributed by atoms with Crippen molar-refractivity contribution in [3.63, 3.8) is 0 Å². The van der Waals surface area contributed by atoms with Crippen molar-refractivity contribution in [3.05, 3.63) is 33.8 Å². The van der Waals surface area contributed by atoms with Crippen molar-refractivity contribution < 1.29 is 27.5 Å². The average molecular weight is 301 g/mol. The Morgan fingerprint density at radius 2 is 1.75 bits per heavy atom. The fourth-order valence-electron chi connectivity index (χ4n) is 1.04. The van der Waals surface area contributed by atoms with Gasteiger partial charge in [-0.05, 0) is 12.1 Å². The summed E-state index contributed by atoms with van der Waals surface area (Å²) in [5.41, 5.74) is -0.949. The Hall–Kier alpha value is -1.11. The van der Waals surface area contributed by atoms with Crippen LogP contribution in [0.1, 0.15) is 5.56 Å². The molecule has 1 aromatic rings. The van der Waals surface area contributed by atoms with Crippen LogP contribution in [0, 0.1) is 11.6 Å². The maximum atomic E-state index is 13.1. The molecule has 0 saturated heterocycles. The van der Waals surface area contributed by atoms with E-state index in [2.05, 4.69) is 15.9 Å². The Labute approximate surface area is 96.0 Å². The molecule has 1 aromatic carbocycles. The minimum absolute atomic E-state index is 0.0462. The molecule has 0 spiro atoms. The second-order valence-corrected chi connectivity index (χ2v) is 3.95. The Morgan fingerprint density at radius 1 is 1.31 bits per heavy atom. The van der Waals surface area contributed by atoms with Gasteiger partial charge in [0.25, 0.3) is 0 Å². The predicted molar refractivity (Wildman–Crippen MR) is 50.3 cm³/mol. The van der Waals surface area contributed by atoms with Crippen LogP contribution in [0.4, 0.5) is 17.6 Å². The molecular weight excluding hydrogens is 296 g/mol. The third kappa shape index (κ3) is 2.72. The largest absolute Gasteiger partial charge is 0.477 e. The summed E-state index contributed by atoms with van der Waals surface area (Å²) in [6, 6.07) is 1.58. The minimum atomic E-state index is -4.20. The van der Waals surface area contributed by atoms with Crippen LogP contribution in [0.25, 0.3) is 0 Å². The van der Waals surface area contributed by atoms with Crippen molar-refractivity contribution in [2.24, 2.45) is 0 Å². The molecule has 0 aromatic heterocycles. The number of carboxylic acids is 1. The van der Waals surface area contributed by atoms with Crippen LogP contribution in [0.3, 0.4) is 0 Å². The summed E-state index contributed by atoms with van der Waals surface area (Å²) in [7, 11) is 0. The second kappa shape index (κ2) is 4.40. The Balaban J connectivity index is 3.11. The van der Waals surface area contributed by atoms with Gasteiger partial charge >= 0.3 is 11.9 Å². The molecule has 0 radical (unpaired) electrons. The first-order valence-corrected chi connectivity index (χ1v) is 4.78. The molecule has 0 aliphatic carbocycles. The normalized spacial score (nSPS) is 11.6. The molecule has 0 heterocycles. The van der Waals surface area contributed by atoms with Crippen LogP contribution in [0.5, 0.6) is 0 Å². The maximum absolute atomic E-state index is 13.1. The van der Waals surface area contributed by atoms with Gasteiger partial charge in [-0.3, -0.25) is 0 Å². The molecule has 0 aliphatic heterocycles. The van der Waals surface area contributed by atoms with E-state index in [1.165, 1.54) is 0 Å². The summed E-state index contributed by atoms with van der Waals surface area (Å²) < 4.78 is 51.8. The van der Waals surface area contributed by atoms with Gasteiger partial charge in [0.05, 0.1) is 6.42 Å². The first-order valence-electron chi connectivity index (χ1n) is 3.98. The van der Waals surface area contributed by atoms with E-state index in [-0.39, 0.29) is 4.47 Å². The molecule has 0 atom stereocenters. The SMILES string of the molecule is O=C(O)C(F)(F)Cc1c(F)cc(Br)cc1F. The van der Waals surface area contributed by atoms with Crippen LogP contribution < -0.4 is 0 Å². The number of benzene rings is 1. The van der Waals surface area contributed by atoms with Gasteiger partial charge in [-0.15, -0.1) is 0 Å². The first-order chi connectivity index (χ1) is 7.24. The molecule has 7 heteroatoms. The zero-order valence-electron chi connectivity index (χ0n) is 7.61. The summed E-state index contributed by atoms with van der Waals surface area (Å²) in [5.74, 6) is -9.05. The molecule has 0 saturated carbocycles. The number of hydrogen-bond acceptors (Lipinski definition) is 1. The van der Waals surface area contributed by atoms with Crippen LogP contribution in [-0.2, 0) is 11.2 Å². The van der Waals surface area contributed by atoms with Crippen molar-refractivity contribution in [2.45, 2.75) is 12.3 Å². The third-order valence-corrected chi connectivity index (χ3v) is 2.28. The fourth-order valence-corrected chi connectivity index (χ4v) is 1.44. The van der Waals surface area contributed by atoms with Gasteiger partial charge in [-0.1, -0.05) is 15.9 Å². The zero-order valence-corrected chi connectivity index (χ0v) is 9.19. The molecule has 1 N–H and O–H groups in total. The van der Waals surface area contributed by atoms with E-state index in [1.807, 2.05) is 0 Å². The number of alkyl halides is 2. The van der Waals surface area contributed by atoms with Gasteiger partial charge in [-0.25, -0.2) is 13.6 Å². The lowest BCUT2D eigenvalue weighted by atomic mass is 10.1. The molecule has 0 unspecified atom stereocenters. The molecule has 0 bridgehead atoms. The second-order valence-electron chi connectivity index (χ2n) is 3.03. The van der Waals surface area contributed by atoms with Crippen LogP contribution in [0.15, 0.2) is 16.6 Å². The van der Waals surface area contributed by atoms with E-state index >= 15 is 0 Å². The maximum Gasteiger partial charge on any atom is 0.374 e. The predicted octanol–water partition coefficient (Wildman–Crippen LogP) is 2.99. The third-order valence-electron chi connectivity index (χ3n) is 1.82. The molecular formula is C9H5BrF4O2. The lowest BCUT2D eigenvalue weighted by molar-refractivity contribution is -0.164. The average Bonchev–Trinajstić information content (AvgIpc) is 2.11. The minimum Gasteiger partial charge on any atom is -0.477 e. The van der Waals surface area contributed by atoms with Crippen LogP contribution >= 0.6 is 15.9 Å². The summed E-state index contributed by atoms with van der Waals surface area (Å²) in [6.45, 7) is 0. The van der Waals surface area contributed by atoms with Gasteiger partial charge in [-0.2, -0.15) is 8.78 Å². The van der Waals surface area contributed by atoms with Crippen LogP contribution in [0.2, 0.25) is 0 Å². The lowest BCUT2D eigenvalue weighted by Crippen LogP contribution is -2.31. The summed E-state index contributed by atoms with van der Waals surface area (Å²) in [5, 5.41) is 8.13. The lowest BCUT2D eigenvalue weighted by Gasteiger charge is -2.12. The summed E-state index contributed by atoms with van der Waals surface area (Å²) in [4.78, 5) is 10.1. The smallest absolute Gasteiger partial charge is 0.374 e. The van der Waals surface area contributed by atoms with Crippen molar-refractivity contribution in [2.75, 3.05) is 0 Å². The fraction of sp³-hybridized carbons (Fsp3) is 0.222. The van der Waals surface area contributed by atoms with Crippen LogP contribution in [-0.4, -0.2) is 17.0 Å². The van der Waals surface area contributed by atoms with Crippen molar-refractivity contribution in [1.82, 2.24) is 0 Å². The van der Waals surface area contributed by atoms with Crippen molar-refractivity contribution in [3.8, 4) is 0 Å². The van der Waals surface area contributed by atoms with Gasteiger partial charge in [0, 0.05) is 10.0 Å². The molecule has 0 fully saturated rings. The highest BCUT2D eigenvalue weighted by Gasteiger charge is 2.40. The van der Waals surface area contributed by atoms with Gasteiger partial charge in [0.15, 0.2) is 0 Å². The monoisotopic (exact) mass is 300 g/mol. The number of aliphatic carboxylic acids is 1. The van der Waals surface area contributed by atoms with Gasteiger partial charge in [0.1, 0.15) is 11.6 Å². The highest BCUT2D eigenvalue weighted by molar-refractivity contribution is 9.10. The Morgan fingerprint density at radius 3 is 2.12 bits per heavy atom. The number of carboxylic acid groups (broad SMARTS) is 1. The molecule has 88 valence electrons. The van der Waals surface area contributed by atoms with E-state index in [4.69, 9.17) is 5.11 Å². The highest BCUT2D eigenvalue weighted by Crippen LogP contribution is 2.26. The summed E-state index contributed by atoms with van der Waals surface area (Å²) in [6.07, 6.45) is -1.52. The molecule has 1 rings (SSSR count). The Bertz CT molecular complexity index is 411. The van der Waals surface area contributed by atoms with E-state index < -0.39 is 35.5 Å². The van der Waals surface area contributed by atoms with Gasteiger partial charge in [0.2, 0.25) is 0 Å². The molecule has 0 amide bonds. The van der Waals surface area contributed by atoms with E-state index in [0.717, 1.165) is 12.1 Å². The highest BCUT2D eigenvalue weighted by atomic mass is 79.9. The number of hydrogen-bond donors (Lipinski definition) is 1. The molecule has 16 heavy (non-hydrogen) atoms. The zero-order chi connectivity index (χ0) is 12.5. The van der Waals surface area contributed by atoms with E-state index in [0.29, 0.717) is 0 Å². The number of rotatable bonds is 3. The van der Waals surface area contributed by atoms with Crippen molar-refractivity contribution >= 4 is 21.9 Å². The quantitative estimate of drug-likeness (QED) is 0.871. The standard InChI is InChI=1S/C9H5BrF4O2/c10-4-1-6(11)5(7(12)2-4)3-9(13,14)8(15)16/h1-2H,3H2,(H,15,16). The summed E-state index contributed by atoms with van der Waals surface area (Å²) >= 11 is 2.77. The first kappa shape index (κ1) is 13.0. The van der Waals surface area contributed by atoms with E-state index in [9.17, 15) is 22.4 Å². The van der Waals surface area contributed by atoms with E-state index in [1.54, 1.807) is 0 Å². The molecule has 2 nitrogen and oxygen atoms in total. The Kier molecular flexibility index (Phi) is 3.57. The van der Waals surface area contributed by atoms with Crippen molar-refractivity contribution in [1.29, 1.82) is 0 Å². The number of carbonyl (C=O) groups is 1.